The van der Waals surface area contributed by atoms with Crippen LogP contribution < -0.4 is 10.6 Å². The van der Waals surface area contributed by atoms with Crippen molar-refractivity contribution in [3.8, 4) is 6.07 Å². The molecule has 2 N–H and O–H groups in total. The fourth-order valence-corrected chi connectivity index (χ4v) is 4.77. The molecular formula is C20H23Cl2N5S. The highest BCUT2D eigenvalue weighted by Gasteiger charge is 2.35. The molecule has 0 saturated carbocycles. The van der Waals surface area contributed by atoms with E-state index in [4.69, 9.17) is 28.9 Å². The van der Waals surface area contributed by atoms with Gasteiger partial charge in [-0.25, -0.2) is 9.97 Å². The van der Waals surface area contributed by atoms with Crippen LogP contribution in [0.1, 0.15) is 38.8 Å². The molecule has 1 atom stereocenters. The first kappa shape index (κ1) is 21.2. The van der Waals surface area contributed by atoms with Crippen molar-refractivity contribution >= 4 is 40.8 Å². The molecule has 1 saturated heterocycles. The highest BCUT2D eigenvalue weighted by Crippen LogP contribution is 2.38. The molecule has 3 rings (SSSR count). The summed E-state index contributed by atoms with van der Waals surface area (Å²) in [5.41, 5.74) is 6.75. The Morgan fingerprint density at radius 3 is 2.71 bits per heavy atom. The summed E-state index contributed by atoms with van der Waals surface area (Å²) < 4.78 is 0. The highest BCUT2D eigenvalue weighted by molar-refractivity contribution is 7.99. The molecule has 0 bridgehead atoms. The molecule has 1 aromatic heterocycles. The van der Waals surface area contributed by atoms with E-state index < -0.39 is 0 Å². The predicted octanol–water partition coefficient (Wildman–Crippen LogP) is 5.15. The summed E-state index contributed by atoms with van der Waals surface area (Å²) in [6.45, 7) is 6.11. The lowest BCUT2D eigenvalue weighted by atomic mass is 9.73. The zero-order valence-electron chi connectivity index (χ0n) is 16.0. The second-order valence-corrected chi connectivity index (χ2v) is 9.12. The molecule has 148 valence electrons. The van der Waals surface area contributed by atoms with E-state index in [9.17, 15) is 5.26 Å². The van der Waals surface area contributed by atoms with Crippen molar-refractivity contribution < 1.29 is 0 Å². The molecule has 5 nitrogen and oxygen atoms in total. The minimum atomic E-state index is 0.149. The Hall–Kier alpha value is -1.52. The van der Waals surface area contributed by atoms with E-state index in [-0.39, 0.29) is 17.2 Å². The Morgan fingerprint density at radius 2 is 2.07 bits per heavy atom. The summed E-state index contributed by atoms with van der Waals surface area (Å²) in [4.78, 5) is 12.0. The molecule has 0 unspecified atom stereocenters. The van der Waals surface area contributed by atoms with Crippen LogP contribution in [0, 0.1) is 16.7 Å². The monoisotopic (exact) mass is 435 g/mol. The van der Waals surface area contributed by atoms with Crippen LogP contribution >= 0.6 is 35.0 Å². The van der Waals surface area contributed by atoms with E-state index in [0.717, 1.165) is 43.1 Å². The zero-order chi connectivity index (χ0) is 20.3. The number of nitrogens with zero attached hydrogens (tertiary/aromatic N) is 4. The standard InChI is InChI=1S/C20H23Cl2N5S/c1-3-16(24)20(2)7-9-27(10-8-20)17-12-25-19(14(11-23)26-17)28-15-6-4-5-13(21)18(15)22/h4-6,12,16H,3,7-10,24H2,1-2H3/t16-/m1/s1. The van der Waals surface area contributed by atoms with Gasteiger partial charge in [0.15, 0.2) is 5.69 Å². The molecule has 0 spiro atoms. The van der Waals surface area contributed by atoms with E-state index in [1.165, 1.54) is 11.8 Å². The number of anilines is 1. The van der Waals surface area contributed by atoms with Crippen LogP contribution in [0.15, 0.2) is 34.3 Å². The molecule has 1 fully saturated rings. The molecule has 1 aliphatic rings. The topological polar surface area (TPSA) is 78.8 Å². The molecule has 0 amide bonds. The molecular weight excluding hydrogens is 413 g/mol. The van der Waals surface area contributed by atoms with E-state index in [1.54, 1.807) is 12.3 Å². The smallest absolute Gasteiger partial charge is 0.175 e. The number of hydrogen-bond donors (Lipinski definition) is 1. The van der Waals surface area contributed by atoms with Crippen LogP contribution in [0.4, 0.5) is 5.82 Å². The first-order valence-corrected chi connectivity index (χ1v) is 10.8. The average molecular weight is 436 g/mol. The quantitative estimate of drug-likeness (QED) is 0.698. The number of aromatic nitrogens is 2. The predicted molar refractivity (Wildman–Crippen MR) is 115 cm³/mol. The summed E-state index contributed by atoms with van der Waals surface area (Å²) >= 11 is 13.6. The lowest BCUT2D eigenvalue weighted by Crippen LogP contribution is -2.48. The molecule has 0 radical (unpaired) electrons. The second-order valence-electron chi connectivity index (χ2n) is 7.30. The third-order valence-corrected chi connectivity index (χ3v) is 7.50. The van der Waals surface area contributed by atoms with Crippen molar-refractivity contribution in [2.45, 2.75) is 49.1 Å². The maximum absolute atomic E-state index is 9.57. The molecule has 2 aromatic rings. The summed E-state index contributed by atoms with van der Waals surface area (Å²) in [5, 5.41) is 11.0. The van der Waals surface area contributed by atoms with Gasteiger partial charge in [0, 0.05) is 24.0 Å². The van der Waals surface area contributed by atoms with Crippen molar-refractivity contribution in [2.75, 3.05) is 18.0 Å². The third kappa shape index (κ3) is 4.38. The average Bonchev–Trinajstić information content (AvgIpc) is 2.71. The highest BCUT2D eigenvalue weighted by atomic mass is 35.5. The van der Waals surface area contributed by atoms with Gasteiger partial charge in [-0.2, -0.15) is 5.26 Å². The van der Waals surface area contributed by atoms with E-state index in [0.29, 0.717) is 15.1 Å². The van der Waals surface area contributed by atoms with E-state index in [2.05, 4.69) is 34.8 Å². The van der Waals surface area contributed by atoms with Crippen LogP contribution in [-0.4, -0.2) is 29.1 Å². The Morgan fingerprint density at radius 1 is 1.36 bits per heavy atom. The number of nitriles is 1. The molecule has 1 aromatic carbocycles. The third-order valence-electron chi connectivity index (χ3n) is 5.52. The number of benzene rings is 1. The van der Waals surface area contributed by atoms with Crippen LogP contribution in [0.25, 0.3) is 0 Å². The van der Waals surface area contributed by atoms with Gasteiger partial charge in [0.1, 0.15) is 16.9 Å². The van der Waals surface area contributed by atoms with Gasteiger partial charge in [-0.15, -0.1) is 0 Å². The van der Waals surface area contributed by atoms with E-state index in [1.807, 2.05) is 12.1 Å². The van der Waals surface area contributed by atoms with Gasteiger partial charge in [0.25, 0.3) is 0 Å². The number of piperidine rings is 1. The van der Waals surface area contributed by atoms with Gasteiger partial charge in [-0.1, -0.05) is 54.9 Å². The maximum atomic E-state index is 9.57. The Balaban J connectivity index is 1.77. The van der Waals surface area contributed by atoms with Gasteiger partial charge in [0.2, 0.25) is 0 Å². The van der Waals surface area contributed by atoms with Crippen LogP contribution in [0.2, 0.25) is 10.0 Å². The van der Waals surface area contributed by atoms with Gasteiger partial charge >= 0.3 is 0 Å². The van der Waals surface area contributed by atoms with Crippen molar-refractivity contribution in [1.29, 1.82) is 5.26 Å². The Kier molecular flexibility index (Phi) is 6.72. The largest absolute Gasteiger partial charge is 0.355 e. The van der Waals surface area contributed by atoms with Crippen LogP contribution in [0.3, 0.4) is 0 Å². The van der Waals surface area contributed by atoms with Crippen molar-refractivity contribution in [3.63, 3.8) is 0 Å². The van der Waals surface area contributed by atoms with Crippen LogP contribution in [-0.2, 0) is 0 Å². The van der Waals surface area contributed by atoms with Crippen molar-refractivity contribution in [3.05, 3.63) is 40.1 Å². The summed E-state index contributed by atoms with van der Waals surface area (Å²) in [6, 6.07) is 7.75. The van der Waals surface area contributed by atoms with Crippen molar-refractivity contribution in [2.24, 2.45) is 11.1 Å². The summed E-state index contributed by atoms with van der Waals surface area (Å²) in [5.74, 6) is 0.727. The Labute approximate surface area is 180 Å². The zero-order valence-corrected chi connectivity index (χ0v) is 18.3. The van der Waals surface area contributed by atoms with Gasteiger partial charge < -0.3 is 10.6 Å². The van der Waals surface area contributed by atoms with Crippen LogP contribution in [0.5, 0.6) is 0 Å². The lowest BCUT2D eigenvalue weighted by molar-refractivity contribution is 0.190. The van der Waals surface area contributed by atoms with Gasteiger partial charge in [-0.05, 0) is 36.8 Å². The lowest BCUT2D eigenvalue weighted by Gasteiger charge is -2.43. The van der Waals surface area contributed by atoms with Gasteiger partial charge in [0.05, 0.1) is 16.2 Å². The number of rotatable bonds is 5. The SMILES string of the molecule is CC[C@@H](N)C1(C)CCN(c2cnc(Sc3cccc(Cl)c3Cl)c(C#N)n2)CC1. The molecule has 2 heterocycles. The van der Waals surface area contributed by atoms with Gasteiger partial charge in [-0.3, -0.25) is 0 Å². The normalized spacial score (nSPS) is 17.2. The second kappa shape index (κ2) is 8.87. The fraction of sp³-hybridized carbons (Fsp3) is 0.450. The Bertz CT molecular complexity index is 891. The molecule has 0 aliphatic carbocycles. The molecule has 28 heavy (non-hydrogen) atoms. The number of halogens is 2. The van der Waals surface area contributed by atoms with E-state index >= 15 is 0 Å². The molecule has 8 heteroatoms. The van der Waals surface area contributed by atoms with Crippen molar-refractivity contribution in [1.82, 2.24) is 9.97 Å². The summed E-state index contributed by atoms with van der Waals surface area (Å²) in [6.07, 6.45) is 4.71. The fourth-order valence-electron chi connectivity index (χ4n) is 3.45. The first-order valence-electron chi connectivity index (χ1n) is 9.27. The minimum absolute atomic E-state index is 0.149. The minimum Gasteiger partial charge on any atom is -0.355 e. The number of hydrogen-bond acceptors (Lipinski definition) is 6. The first-order chi connectivity index (χ1) is 13.4. The molecule has 1 aliphatic heterocycles. The summed E-state index contributed by atoms with van der Waals surface area (Å²) in [7, 11) is 0. The maximum Gasteiger partial charge on any atom is 0.175 e. The number of nitrogens with two attached hydrogens (primary N) is 1.